The van der Waals surface area contributed by atoms with Crippen molar-refractivity contribution in [1.82, 2.24) is 14.7 Å². The van der Waals surface area contributed by atoms with E-state index in [1.807, 2.05) is 37.3 Å². The Morgan fingerprint density at radius 3 is 2.22 bits per heavy atom. The molecule has 37 heavy (non-hydrogen) atoms. The van der Waals surface area contributed by atoms with Gasteiger partial charge in [0.25, 0.3) is 5.91 Å². The molecule has 2 aromatic rings. The number of likely N-dealkylation sites (tertiary alicyclic amines) is 3. The summed E-state index contributed by atoms with van der Waals surface area (Å²) in [6.45, 7) is 2.84. The summed E-state index contributed by atoms with van der Waals surface area (Å²) in [5.41, 5.74) is 0.505. The van der Waals surface area contributed by atoms with Gasteiger partial charge >= 0.3 is 0 Å². The van der Waals surface area contributed by atoms with E-state index >= 15 is 0 Å². The van der Waals surface area contributed by atoms with Crippen molar-refractivity contribution >= 4 is 23.6 Å². The van der Waals surface area contributed by atoms with Crippen LogP contribution < -0.4 is 4.74 Å². The number of imide groups is 1. The normalized spacial score (nSPS) is 26.9. The molecule has 0 bridgehead atoms. The molecule has 0 unspecified atom stereocenters. The second-order valence-electron chi connectivity index (χ2n) is 10.6. The molecule has 2 aromatic carbocycles. The third-order valence-electron chi connectivity index (χ3n) is 8.22. The second kappa shape index (κ2) is 9.32. The van der Waals surface area contributed by atoms with Gasteiger partial charge < -0.3 is 14.5 Å². The smallest absolute Gasteiger partial charge is 0.254 e. The van der Waals surface area contributed by atoms with Crippen LogP contribution in [0.5, 0.6) is 11.5 Å². The Balaban J connectivity index is 1.15. The first kappa shape index (κ1) is 23.7. The molecule has 1 saturated carbocycles. The lowest BCUT2D eigenvalue weighted by atomic mass is 10.00. The van der Waals surface area contributed by atoms with Crippen LogP contribution in [0.2, 0.25) is 0 Å². The third-order valence-corrected chi connectivity index (χ3v) is 8.22. The number of hydrogen-bond acceptors (Lipinski definition) is 5. The van der Waals surface area contributed by atoms with E-state index < -0.39 is 12.0 Å². The van der Waals surface area contributed by atoms with Crippen LogP contribution in [0, 0.1) is 11.8 Å². The molecular weight excluding hydrogens is 470 g/mol. The number of fused-ring (bicyclic) bond motifs is 1. The summed E-state index contributed by atoms with van der Waals surface area (Å²) in [5.74, 6) is 0.367. The summed E-state index contributed by atoms with van der Waals surface area (Å²) in [7, 11) is 0. The van der Waals surface area contributed by atoms with Crippen molar-refractivity contribution in [2.24, 2.45) is 11.8 Å². The molecule has 0 aromatic heterocycles. The monoisotopic (exact) mass is 501 g/mol. The van der Waals surface area contributed by atoms with Crippen LogP contribution in [0.4, 0.5) is 0 Å². The molecule has 8 heteroatoms. The Hall–Kier alpha value is -3.68. The molecule has 4 fully saturated rings. The lowest BCUT2D eigenvalue weighted by molar-refractivity contribution is -0.146. The highest BCUT2D eigenvalue weighted by molar-refractivity contribution is 6.02. The minimum absolute atomic E-state index is 0.0351. The second-order valence-corrected chi connectivity index (χ2v) is 10.6. The summed E-state index contributed by atoms with van der Waals surface area (Å²) in [6, 6.07) is 15.3. The largest absolute Gasteiger partial charge is 0.457 e. The van der Waals surface area contributed by atoms with Gasteiger partial charge in [-0.3, -0.25) is 24.1 Å². The third kappa shape index (κ3) is 4.18. The summed E-state index contributed by atoms with van der Waals surface area (Å²) < 4.78 is 5.83. The standard InChI is InChI=1S/C29H31N3O5/c1-18-25-23(32(26(18)33)28(35)20-9-10-20)15-17-31(25)29(36)24-8-5-16-30(24)27(34)19-11-13-22(14-12-19)37-21-6-3-2-4-7-21/h2-4,6-7,11-14,18,20,23-25H,5,8-10,15-17H2,1H3/t18-,23-,24-,25+/m0/s1. The molecule has 6 rings (SSSR count). The van der Waals surface area contributed by atoms with Gasteiger partial charge in [-0.2, -0.15) is 0 Å². The van der Waals surface area contributed by atoms with E-state index in [0.717, 1.165) is 19.3 Å². The lowest BCUT2D eigenvalue weighted by Crippen LogP contribution is -2.51. The van der Waals surface area contributed by atoms with Crippen LogP contribution in [0.3, 0.4) is 0 Å². The quantitative estimate of drug-likeness (QED) is 0.586. The van der Waals surface area contributed by atoms with Crippen molar-refractivity contribution in [2.45, 2.75) is 57.2 Å². The lowest BCUT2D eigenvalue weighted by Gasteiger charge is -2.32. The molecule has 0 radical (unpaired) electrons. The Kier molecular flexibility index (Phi) is 5.97. The SMILES string of the molecule is C[C@@H]1C(=O)N(C(=O)C2CC2)[C@H]2CCN(C(=O)[C@@H]3CCCN3C(=O)c3ccc(Oc4ccccc4)cc3)[C@H]12. The molecule has 4 atom stereocenters. The Labute approximate surface area is 216 Å². The van der Waals surface area contributed by atoms with Gasteiger partial charge in [0.15, 0.2) is 0 Å². The maximum Gasteiger partial charge on any atom is 0.254 e. The van der Waals surface area contributed by atoms with Crippen LogP contribution in [0.1, 0.15) is 49.4 Å². The molecule has 1 aliphatic carbocycles. The van der Waals surface area contributed by atoms with E-state index in [9.17, 15) is 19.2 Å². The molecular formula is C29H31N3O5. The van der Waals surface area contributed by atoms with E-state index in [1.165, 1.54) is 4.90 Å². The van der Waals surface area contributed by atoms with E-state index in [2.05, 4.69) is 0 Å². The molecule has 192 valence electrons. The van der Waals surface area contributed by atoms with Gasteiger partial charge in [0.2, 0.25) is 17.7 Å². The Bertz CT molecular complexity index is 1230. The molecule has 3 heterocycles. The highest BCUT2D eigenvalue weighted by Crippen LogP contribution is 2.41. The van der Waals surface area contributed by atoms with E-state index in [1.54, 1.807) is 34.1 Å². The number of carbonyl (C=O) groups is 4. The number of nitrogens with zero attached hydrogens (tertiary/aromatic N) is 3. The van der Waals surface area contributed by atoms with Crippen molar-refractivity contribution in [3.63, 3.8) is 0 Å². The van der Waals surface area contributed by atoms with Gasteiger partial charge in [0.1, 0.15) is 17.5 Å². The summed E-state index contributed by atoms with van der Waals surface area (Å²) in [6.07, 6.45) is 3.64. The minimum atomic E-state index is -0.554. The first-order valence-corrected chi connectivity index (χ1v) is 13.3. The molecule has 0 spiro atoms. The molecule has 3 aliphatic heterocycles. The Morgan fingerprint density at radius 2 is 1.51 bits per heavy atom. The van der Waals surface area contributed by atoms with Gasteiger partial charge in [-0.1, -0.05) is 25.1 Å². The molecule has 8 nitrogen and oxygen atoms in total. The van der Waals surface area contributed by atoms with Crippen molar-refractivity contribution in [3.8, 4) is 11.5 Å². The topological polar surface area (TPSA) is 87.2 Å². The van der Waals surface area contributed by atoms with Crippen molar-refractivity contribution in [2.75, 3.05) is 13.1 Å². The fourth-order valence-electron chi connectivity index (χ4n) is 6.18. The van der Waals surface area contributed by atoms with Gasteiger partial charge in [0, 0.05) is 24.6 Å². The molecule has 4 aliphatic rings. The van der Waals surface area contributed by atoms with E-state index in [0.29, 0.717) is 43.0 Å². The van der Waals surface area contributed by atoms with E-state index in [4.69, 9.17) is 4.74 Å². The number of hydrogen-bond donors (Lipinski definition) is 0. The zero-order valence-electron chi connectivity index (χ0n) is 20.9. The summed E-state index contributed by atoms with van der Waals surface area (Å²) >= 11 is 0. The van der Waals surface area contributed by atoms with Gasteiger partial charge in [-0.25, -0.2) is 0 Å². The number of benzene rings is 2. The summed E-state index contributed by atoms with van der Waals surface area (Å²) in [4.78, 5) is 57.9. The highest BCUT2D eigenvalue weighted by atomic mass is 16.5. The minimum Gasteiger partial charge on any atom is -0.457 e. The van der Waals surface area contributed by atoms with Crippen LogP contribution in [0.25, 0.3) is 0 Å². The number of rotatable bonds is 5. The maximum atomic E-state index is 13.8. The van der Waals surface area contributed by atoms with Gasteiger partial charge in [0.05, 0.1) is 18.0 Å². The van der Waals surface area contributed by atoms with E-state index in [-0.39, 0.29) is 41.6 Å². The first-order valence-electron chi connectivity index (χ1n) is 13.3. The van der Waals surface area contributed by atoms with Crippen molar-refractivity contribution < 1.29 is 23.9 Å². The van der Waals surface area contributed by atoms with Gasteiger partial charge in [-0.15, -0.1) is 0 Å². The number of amides is 4. The van der Waals surface area contributed by atoms with Crippen molar-refractivity contribution in [3.05, 3.63) is 60.2 Å². The van der Waals surface area contributed by atoms with Crippen LogP contribution in [-0.4, -0.2) is 69.5 Å². The number of para-hydroxylation sites is 1. The maximum absolute atomic E-state index is 13.8. The average Bonchev–Trinajstić information content (AvgIpc) is 3.41. The zero-order valence-corrected chi connectivity index (χ0v) is 20.9. The fourth-order valence-corrected chi connectivity index (χ4v) is 6.18. The number of ether oxygens (including phenoxy) is 1. The fraction of sp³-hybridized carbons (Fsp3) is 0.448. The zero-order chi connectivity index (χ0) is 25.7. The predicted octanol–water partition coefficient (Wildman–Crippen LogP) is 3.47. The molecule has 0 N–H and O–H groups in total. The Morgan fingerprint density at radius 1 is 0.811 bits per heavy atom. The van der Waals surface area contributed by atoms with Crippen LogP contribution in [0.15, 0.2) is 54.6 Å². The highest BCUT2D eigenvalue weighted by Gasteiger charge is 2.57. The number of carbonyl (C=O) groups excluding carboxylic acids is 4. The molecule has 3 saturated heterocycles. The first-order chi connectivity index (χ1) is 17.9. The summed E-state index contributed by atoms with van der Waals surface area (Å²) in [5, 5.41) is 0. The van der Waals surface area contributed by atoms with Crippen molar-refractivity contribution in [1.29, 1.82) is 0 Å². The van der Waals surface area contributed by atoms with Crippen LogP contribution in [-0.2, 0) is 14.4 Å². The predicted molar refractivity (Wildman–Crippen MR) is 135 cm³/mol. The molecule has 4 amide bonds. The van der Waals surface area contributed by atoms with Crippen LogP contribution >= 0.6 is 0 Å². The van der Waals surface area contributed by atoms with Gasteiger partial charge in [-0.05, 0) is 68.5 Å². The average molecular weight is 502 g/mol.